The highest BCUT2D eigenvalue weighted by Gasteiger charge is 2.37. The molecule has 0 saturated heterocycles. The van der Waals surface area contributed by atoms with E-state index in [0.29, 0.717) is 0 Å². The molecule has 1 aliphatic heterocycles. The van der Waals surface area contributed by atoms with Gasteiger partial charge in [0.25, 0.3) is 0 Å². The maximum absolute atomic E-state index is 14.1. The molecule has 0 amide bonds. The summed E-state index contributed by atoms with van der Waals surface area (Å²) in [6, 6.07) is 54.6. The number of hydrogen-bond acceptors (Lipinski definition) is 3. The zero-order chi connectivity index (χ0) is 36.9. The standard InChI is InChI=1S/C50H40N2OS/c1-49(2,3)39-18-13-21-46-47(39)48(53)37-28-32(24-27-45(37)54-46)31-22-25-34(26-23-31)52-42-20-12-10-17-38(42)50(4,5)40-29-36-35-16-9-11-19-41(35)51(43(36)30-44(40)52)33-14-7-6-8-15-33/h6-30H,1-5H3. The van der Waals surface area contributed by atoms with Crippen molar-refractivity contribution in [3.63, 3.8) is 0 Å². The topological polar surface area (TPSA) is 25.2 Å². The molecule has 0 N–H and O–H groups in total. The zero-order valence-corrected chi connectivity index (χ0v) is 32.0. The fourth-order valence-electron chi connectivity index (χ4n) is 8.80. The van der Waals surface area contributed by atoms with Crippen LogP contribution in [-0.4, -0.2) is 4.57 Å². The lowest BCUT2D eigenvalue weighted by atomic mass is 9.73. The Bertz CT molecular complexity index is 3020. The van der Waals surface area contributed by atoms with Crippen molar-refractivity contribution >= 4 is 70.4 Å². The van der Waals surface area contributed by atoms with E-state index < -0.39 is 0 Å². The smallest absolute Gasteiger partial charge is 0.196 e. The van der Waals surface area contributed by atoms with Crippen LogP contribution in [0, 0.1) is 0 Å². The predicted octanol–water partition coefficient (Wildman–Crippen LogP) is 13.6. The van der Waals surface area contributed by atoms with E-state index in [2.05, 4.69) is 196 Å². The average Bonchev–Trinajstić information content (AvgIpc) is 3.51. The summed E-state index contributed by atoms with van der Waals surface area (Å²) in [6.45, 7) is 11.2. The van der Waals surface area contributed by atoms with Crippen LogP contribution in [0.5, 0.6) is 0 Å². The van der Waals surface area contributed by atoms with Crippen LogP contribution in [0.4, 0.5) is 17.1 Å². The van der Waals surface area contributed by atoms with Crippen molar-refractivity contribution in [2.75, 3.05) is 4.90 Å². The van der Waals surface area contributed by atoms with Gasteiger partial charge < -0.3 is 9.47 Å². The van der Waals surface area contributed by atoms with Gasteiger partial charge in [0.2, 0.25) is 0 Å². The Kier molecular flexibility index (Phi) is 7.12. The van der Waals surface area contributed by atoms with Crippen LogP contribution in [0.1, 0.15) is 51.3 Å². The van der Waals surface area contributed by atoms with Gasteiger partial charge in [-0.3, -0.25) is 4.79 Å². The summed E-state index contributed by atoms with van der Waals surface area (Å²) in [4.78, 5) is 16.6. The molecule has 9 aromatic rings. The molecule has 10 rings (SSSR count). The number of benzene rings is 7. The highest BCUT2D eigenvalue weighted by atomic mass is 32.1. The largest absolute Gasteiger partial charge is 0.310 e. The molecule has 0 bridgehead atoms. The number of aromatic nitrogens is 1. The molecule has 1 aliphatic rings. The molecular weight excluding hydrogens is 677 g/mol. The van der Waals surface area contributed by atoms with E-state index in [1.807, 2.05) is 0 Å². The third-order valence-electron chi connectivity index (χ3n) is 11.5. The maximum atomic E-state index is 14.1. The quantitative estimate of drug-likeness (QED) is 0.170. The molecule has 3 heterocycles. The Labute approximate surface area is 319 Å². The Morgan fingerprint density at radius 1 is 0.537 bits per heavy atom. The van der Waals surface area contributed by atoms with Crippen molar-refractivity contribution in [2.45, 2.75) is 45.4 Å². The van der Waals surface area contributed by atoms with Gasteiger partial charge in [0, 0.05) is 47.7 Å². The molecule has 0 atom stereocenters. The summed E-state index contributed by atoms with van der Waals surface area (Å²) in [6.07, 6.45) is 0. The molecule has 0 radical (unpaired) electrons. The van der Waals surface area contributed by atoms with E-state index in [9.17, 15) is 4.79 Å². The minimum atomic E-state index is -0.217. The molecule has 3 nitrogen and oxygen atoms in total. The first-order chi connectivity index (χ1) is 26.1. The van der Waals surface area contributed by atoms with Crippen molar-refractivity contribution in [3.8, 4) is 16.8 Å². The van der Waals surface area contributed by atoms with E-state index in [-0.39, 0.29) is 16.3 Å². The lowest BCUT2D eigenvalue weighted by Crippen LogP contribution is -2.30. The number of fused-ring (bicyclic) bond motifs is 7. The maximum Gasteiger partial charge on any atom is 0.196 e. The Hall–Kier alpha value is -5.97. The fourth-order valence-corrected chi connectivity index (χ4v) is 9.89. The molecule has 0 saturated carbocycles. The monoisotopic (exact) mass is 716 g/mol. The SMILES string of the molecule is CC(C)(C)c1cccc2sc3ccc(-c4ccc(N5c6ccccc6C(C)(C)c6cc7c8ccccc8n(-c8ccccc8)c7cc65)cc4)cc3c(=O)c12. The summed E-state index contributed by atoms with van der Waals surface area (Å²) >= 11 is 1.70. The van der Waals surface area contributed by atoms with Gasteiger partial charge in [-0.1, -0.05) is 120 Å². The molecule has 7 aromatic carbocycles. The molecule has 0 spiro atoms. The van der Waals surface area contributed by atoms with E-state index in [4.69, 9.17) is 0 Å². The molecule has 2 aromatic heterocycles. The highest BCUT2D eigenvalue weighted by molar-refractivity contribution is 7.24. The molecule has 54 heavy (non-hydrogen) atoms. The van der Waals surface area contributed by atoms with Gasteiger partial charge in [0.15, 0.2) is 5.43 Å². The first-order valence-corrected chi connectivity index (χ1v) is 19.5. The summed E-state index contributed by atoms with van der Waals surface area (Å²) < 4.78 is 4.46. The normalized spacial score (nSPS) is 13.8. The van der Waals surface area contributed by atoms with Gasteiger partial charge >= 0.3 is 0 Å². The lowest BCUT2D eigenvalue weighted by molar-refractivity contribution is 0.596. The highest BCUT2D eigenvalue weighted by Crippen LogP contribution is 2.53. The van der Waals surface area contributed by atoms with Crippen LogP contribution in [0.3, 0.4) is 0 Å². The summed E-state index contributed by atoms with van der Waals surface area (Å²) in [5.41, 5.74) is 12.6. The van der Waals surface area contributed by atoms with Gasteiger partial charge in [-0.05, 0) is 100.0 Å². The molecule has 0 aliphatic carbocycles. The second kappa shape index (κ2) is 11.8. The number of anilines is 3. The first kappa shape index (κ1) is 32.7. The predicted molar refractivity (Wildman–Crippen MR) is 231 cm³/mol. The van der Waals surface area contributed by atoms with Crippen LogP contribution >= 0.6 is 11.3 Å². The van der Waals surface area contributed by atoms with Crippen LogP contribution in [0.25, 0.3) is 58.8 Å². The van der Waals surface area contributed by atoms with E-state index in [0.717, 1.165) is 48.2 Å². The molecular formula is C50H40N2OS. The zero-order valence-electron chi connectivity index (χ0n) is 31.1. The molecule has 262 valence electrons. The Morgan fingerprint density at radius 2 is 1.26 bits per heavy atom. The number of hydrogen-bond donors (Lipinski definition) is 0. The van der Waals surface area contributed by atoms with Crippen LogP contribution in [-0.2, 0) is 10.8 Å². The lowest BCUT2D eigenvalue weighted by Gasteiger charge is -2.42. The van der Waals surface area contributed by atoms with E-state index >= 15 is 0 Å². The van der Waals surface area contributed by atoms with Gasteiger partial charge in [-0.2, -0.15) is 0 Å². The van der Waals surface area contributed by atoms with Gasteiger partial charge in [0.05, 0.1) is 22.4 Å². The fraction of sp³-hybridized carbons (Fsp3) is 0.140. The second-order valence-corrected chi connectivity index (χ2v) is 17.3. The van der Waals surface area contributed by atoms with Crippen molar-refractivity contribution < 1.29 is 0 Å². The number of para-hydroxylation sites is 3. The summed E-state index contributed by atoms with van der Waals surface area (Å²) in [7, 11) is 0. The Morgan fingerprint density at radius 3 is 2.06 bits per heavy atom. The number of nitrogens with zero attached hydrogens (tertiary/aromatic N) is 2. The van der Waals surface area contributed by atoms with Crippen LogP contribution in [0.15, 0.2) is 156 Å². The van der Waals surface area contributed by atoms with Gasteiger partial charge in [-0.25, -0.2) is 0 Å². The van der Waals surface area contributed by atoms with Crippen LogP contribution < -0.4 is 10.3 Å². The third kappa shape index (κ3) is 4.83. The van der Waals surface area contributed by atoms with Crippen LogP contribution in [0.2, 0.25) is 0 Å². The van der Waals surface area contributed by atoms with Crippen molar-refractivity contribution in [2.24, 2.45) is 0 Å². The number of rotatable bonds is 3. The van der Waals surface area contributed by atoms with Crippen molar-refractivity contribution in [3.05, 3.63) is 179 Å². The second-order valence-electron chi connectivity index (χ2n) is 16.2. The van der Waals surface area contributed by atoms with Gasteiger partial charge in [-0.15, -0.1) is 11.3 Å². The third-order valence-corrected chi connectivity index (χ3v) is 12.6. The molecule has 0 fully saturated rings. The Balaban J connectivity index is 1.14. The first-order valence-electron chi connectivity index (χ1n) is 18.7. The minimum absolute atomic E-state index is 0.117. The van der Waals surface area contributed by atoms with Crippen molar-refractivity contribution in [1.82, 2.24) is 4.57 Å². The summed E-state index contributed by atoms with van der Waals surface area (Å²) in [5.74, 6) is 0. The van der Waals surface area contributed by atoms with Crippen molar-refractivity contribution in [1.29, 1.82) is 0 Å². The molecule has 4 heteroatoms. The van der Waals surface area contributed by atoms with E-state index in [1.54, 1.807) is 11.3 Å². The average molecular weight is 717 g/mol. The summed E-state index contributed by atoms with van der Waals surface area (Å²) in [5, 5.41) is 4.14. The van der Waals surface area contributed by atoms with E-state index in [1.165, 1.54) is 44.3 Å². The molecule has 0 unspecified atom stereocenters. The van der Waals surface area contributed by atoms with Gasteiger partial charge in [0.1, 0.15) is 0 Å². The minimum Gasteiger partial charge on any atom is -0.310 e.